The van der Waals surface area contributed by atoms with Crippen LogP contribution in [-0.4, -0.2) is 20.7 Å². The molecule has 1 aliphatic carbocycles. The van der Waals surface area contributed by atoms with E-state index in [1.165, 1.54) is 42.7 Å². The Kier molecular flexibility index (Phi) is 6.92. The summed E-state index contributed by atoms with van der Waals surface area (Å²) in [5.74, 6) is -0.371. The number of aromatic nitrogens is 3. The van der Waals surface area contributed by atoms with Gasteiger partial charge < -0.3 is 4.57 Å². The van der Waals surface area contributed by atoms with Crippen molar-refractivity contribution in [3.8, 4) is 6.07 Å². The SMILES string of the molecule is Cc1c(/C=C(/C#N)C(=O)Nc2nnc(C3CCCCC3)s2)c2ccccc2n1Cc1ccc(F)cc1. The van der Waals surface area contributed by atoms with Crippen LogP contribution in [0.3, 0.4) is 0 Å². The van der Waals surface area contributed by atoms with Crippen LogP contribution in [0.1, 0.15) is 59.9 Å². The lowest BCUT2D eigenvalue weighted by atomic mass is 9.90. The Bertz CT molecular complexity index is 1470. The van der Waals surface area contributed by atoms with Crippen molar-refractivity contribution in [2.75, 3.05) is 5.32 Å². The molecule has 1 aliphatic rings. The van der Waals surface area contributed by atoms with Gasteiger partial charge in [-0.2, -0.15) is 5.26 Å². The summed E-state index contributed by atoms with van der Waals surface area (Å²) in [6.45, 7) is 2.51. The predicted molar refractivity (Wildman–Crippen MR) is 140 cm³/mol. The van der Waals surface area contributed by atoms with E-state index in [9.17, 15) is 14.4 Å². The fraction of sp³-hybridized carbons (Fsp3) is 0.286. The monoisotopic (exact) mass is 499 g/mol. The minimum Gasteiger partial charge on any atom is -0.340 e. The van der Waals surface area contributed by atoms with Crippen LogP contribution < -0.4 is 5.32 Å². The third-order valence-electron chi connectivity index (χ3n) is 6.80. The molecule has 1 fully saturated rings. The summed E-state index contributed by atoms with van der Waals surface area (Å²) in [7, 11) is 0. The van der Waals surface area contributed by atoms with Crippen molar-refractivity contribution in [1.82, 2.24) is 14.8 Å². The lowest BCUT2D eigenvalue weighted by Crippen LogP contribution is -2.13. The number of halogens is 1. The smallest absolute Gasteiger partial charge is 0.268 e. The third-order valence-corrected chi connectivity index (χ3v) is 7.80. The summed E-state index contributed by atoms with van der Waals surface area (Å²) in [5, 5.41) is 23.3. The normalized spacial score (nSPS) is 14.6. The van der Waals surface area contributed by atoms with E-state index >= 15 is 0 Å². The van der Waals surface area contributed by atoms with Gasteiger partial charge in [0.2, 0.25) is 5.13 Å². The van der Waals surface area contributed by atoms with Gasteiger partial charge in [0.05, 0.1) is 0 Å². The molecule has 4 aromatic rings. The number of amides is 1. The first-order chi connectivity index (χ1) is 17.5. The first-order valence-corrected chi connectivity index (χ1v) is 12.9. The Morgan fingerprint density at radius 2 is 1.92 bits per heavy atom. The maximum Gasteiger partial charge on any atom is 0.268 e. The molecule has 2 heterocycles. The quantitative estimate of drug-likeness (QED) is 0.240. The highest BCUT2D eigenvalue weighted by Crippen LogP contribution is 2.35. The number of hydrogen-bond donors (Lipinski definition) is 1. The number of nitrogens with zero attached hydrogens (tertiary/aromatic N) is 4. The maximum atomic E-state index is 13.4. The Labute approximate surface area is 213 Å². The molecule has 182 valence electrons. The van der Waals surface area contributed by atoms with E-state index in [4.69, 9.17) is 0 Å². The zero-order chi connectivity index (χ0) is 25.1. The number of nitriles is 1. The largest absolute Gasteiger partial charge is 0.340 e. The fourth-order valence-corrected chi connectivity index (χ4v) is 5.78. The second kappa shape index (κ2) is 10.4. The molecule has 1 saturated carbocycles. The molecule has 0 spiro atoms. The van der Waals surface area contributed by atoms with E-state index in [0.29, 0.717) is 17.6 Å². The number of nitrogens with one attached hydrogen (secondary N) is 1. The van der Waals surface area contributed by atoms with Crippen LogP contribution in [0.15, 0.2) is 54.1 Å². The van der Waals surface area contributed by atoms with E-state index in [0.717, 1.165) is 45.6 Å². The Morgan fingerprint density at radius 1 is 1.17 bits per heavy atom. The predicted octanol–water partition coefficient (Wildman–Crippen LogP) is 6.58. The van der Waals surface area contributed by atoms with Gasteiger partial charge in [0.15, 0.2) is 0 Å². The minimum atomic E-state index is -0.501. The van der Waals surface area contributed by atoms with Crippen LogP contribution >= 0.6 is 11.3 Å². The molecular weight excluding hydrogens is 473 g/mol. The van der Waals surface area contributed by atoms with Crippen molar-refractivity contribution in [2.45, 2.75) is 51.5 Å². The average Bonchev–Trinajstić information content (AvgIpc) is 3.47. The summed E-state index contributed by atoms with van der Waals surface area (Å²) >= 11 is 1.39. The van der Waals surface area contributed by atoms with Gasteiger partial charge in [0, 0.05) is 34.6 Å². The third kappa shape index (κ3) is 4.93. The van der Waals surface area contributed by atoms with Crippen molar-refractivity contribution in [3.63, 3.8) is 0 Å². The van der Waals surface area contributed by atoms with Crippen molar-refractivity contribution < 1.29 is 9.18 Å². The van der Waals surface area contributed by atoms with Gasteiger partial charge in [-0.3, -0.25) is 10.1 Å². The number of para-hydroxylation sites is 1. The molecule has 0 aliphatic heterocycles. The summed E-state index contributed by atoms with van der Waals surface area (Å²) in [6, 6.07) is 16.3. The van der Waals surface area contributed by atoms with Gasteiger partial charge in [-0.25, -0.2) is 4.39 Å². The lowest BCUT2D eigenvalue weighted by molar-refractivity contribution is -0.112. The average molecular weight is 500 g/mol. The first-order valence-electron chi connectivity index (χ1n) is 12.1. The van der Waals surface area contributed by atoms with Crippen LogP contribution in [0.25, 0.3) is 17.0 Å². The molecule has 8 heteroatoms. The molecule has 2 aromatic carbocycles. The van der Waals surface area contributed by atoms with Crippen LogP contribution in [0.4, 0.5) is 9.52 Å². The summed E-state index contributed by atoms with van der Waals surface area (Å²) in [6.07, 6.45) is 7.50. The summed E-state index contributed by atoms with van der Waals surface area (Å²) in [4.78, 5) is 13.0. The number of anilines is 1. The van der Waals surface area contributed by atoms with Gasteiger partial charge in [-0.1, -0.05) is 60.9 Å². The zero-order valence-electron chi connectivity index (χ0n) is 20.0. The van der Waals surface area contributed by atoms with Crippen LogP contribution in [0.2, 0.25) is 0 Å². The second-order valence-electron chi connectivity index (χ2n) is 9.13. The highest BCUT2D eigenvalue weighted by atomic mass is 32.1. The number of carbonyl (C=O) groups excluding carboxylic acids is 1. The number of rotatable bonds is 6. The van der Waals surface area contributed by atoms with Crippen LogP contribution in [0, 0.1) is 24.1 Å². The number of fused-ring (bicyclic) bond motifs is 1. The summed E-state index contributed by atoms with van der Waals surface area (Å²) in [5.41, 5.74) is 3.65. The van der Waals surface area contributed by atoms with Gasteiger partial charge in [0.25, 0.3) is 5.91 Å². The van der Waals surface area contributed by atoms with Crippen LogP contribution in [-0.2, 0) is 11.3 Å². The lowest BCUT2D eigenvalue weighted by Gasteiger charge is -2.18. The standard InChI is InChI=1S/C28H26FN5OS/c1-18-24(23-9-5-6-10-25(23)34(18)17-19-11-13-22(29)14-12-19)15-21(16-30)26(35)31-28-33-32-27(36-28)20-7-3-2-4-8-20/h5-6,9-15,20H,2-4,7-8,17H2,1H3,(H,31,33,35)/b21-15-. The van der Waals surface area contributed by atoms with Crippen molar-refractivity contribution >= 4 is 39.4 Å². The first kappa shape index (κ1) is 23.9. The van der Waals surface area contributed by atoms with Gasteiger partial charge in [-0.15, -0.1) is 10.2 Å². The fourth-order valence-electron chi connectivity index (χ4n) is 4.87. The Hall–Kier alpha value is -3.83. The molecule has 6 nitrogen and oxygen atoms in total. The van der Waals surface area contributed by atoms with E-state index in [2.05, 4.69) is 26.2 Å². The van der Waals surface area contributed by atoms with E-state index in [1.54, 1.807) is 18.2 Å². The van der Waals surface area contributed by atoms with E-state index in [-0.39, 0.29) is 11.4 Å². The zero-order valence-corrected chi connectivity index (χ0v) is 20.8. The van der Waals surface area contributed by atoms with Crippen molar-refractivity contribution in [1.29, 1.82) is 5.26 Å². The molecular formula is C28H26FN5OS. The number of benzene rings is 2. The Balaban J connectivity index is 1.42. The molecule has 5 rings (SSSR count). The molecule has 0 saturated heterocycles. The molecule has 0 bridgehead atoms. The molecule has 0 atom stereocenters. The Morgan fingerprint density at radius 3 is 2.67 bits per heavy atom. The number of hydrogen-bond acceptors (Lipinski definition) is 5. The molecule has 1 N–H and O–H groups in total. The molecule has 2 aromatic heterocycles. The number of carbonyl (C=O) groups is 1. The second-order valence-corrected chi connectivity index (χ2v) is 10.1. The van der Waals surface area contributed by atoms with E-state index in [1.807, 2.05) is 31.2 Å². The van der Waals surface area contributed by atoms with Crippen LogP contribution in [0.5, 0.6) is 0 Å². The highest BCUT2D eigenvalue weighted by molar-refractivity contribution is 7.15. The molecule has 36 heavy (non-hydrogen) atoms. The molecule has 1 amide bonds. The van der Waals surface area contributed by atoms with Gasteiger partial charge >= 0.3 is 0 Å². The van der Waals surface area contributed by atoms with Crippen molar-refractivity contribution in [2.24, 2.45) is 0 Å². The maximum absolute atomic E-state index is 13.4. The van der Waals surface area contributed by atoms with Gasteiger partial charge in [-0.05, 0) is 49.6 Å². The van der Waals surface area contributed by atoms with E-state index < -0.39 is 5.91 Å². The summed E-state index contributed by atoms with van der Waals surface area (Å²) < 4.78 is 15.5. The molecule has 0 radical (unpaired) electrons. The minimum absolute atomic E-state index is 0.00259. The van der Waals surface area contributed by atoms with Gasteiger partial charge in [0.1, 0.15) is 22.5 Å². The molecule has 0 unspecified atom stereocenters. The topological polar surface area (TPSA) is 83.6 Å². The highest BCUT2D eigenvalue weighted by Gasteiger charge is 2.21. The van der Waals surface area contributed by atoms with Crippen molar-refractivity contribution in [3.05, 3.63) is 81.7 Å².